The normalized spacial score (nSPS) is 11.3. The Bertz CT molecular complexity index is 1070. The van der Waals surface area contributed by atoms with Crippen molar-refractivity contribution in [1.82, 2.24) is 15.0 Å². The van der Waals surface area contributed by atoms with E-state index in [1.165, 1.54) is 0 Å². The molecular formula is C20H15N3O. The van der Waals surface area contributed by atoms with Crippen LogP contribution in [0.2, 0.25) is 0 Å². The number of nitrogens with zero attached hydrogens (tertiary/aromatic N) is 1. The molecule has 0 atom stereocenters. The number of H-pyrrole nitrogens is 2. The number of hydrogen-bond donors (Lipinski definition) is 2. The summed E-state index contributed by atoms with van der Waals surface area (Å²) in [5.74, 6) is 0.739. The van der Waals surface area contributed by atoms with Gasteiger partial charge in [-0.3, -0.25) is 4.79 Å². The van der Waals surface area contributed by atoms with E-state index in [2.05, 4.69) is 15.0 Å². The number of rotatable bonds is 3. The maximum atomic E-state index is 12.1. The van der Waals surface area contributed by atoms with Gasteiger partial charge in [0, 0.05) is 11.1 Å². The Balaban J connectivity index is 1.64. The highest BCUT2D eigenvalue weighted by molar-refractivity contribution is 5.83. The number of imidazole rings is 1. The molecule has 0 bridgehead atoms. The summed E-state index contributed by atoms with van der Waals surface area (Å²) >= 11 is 0. The number of pyridine rings is 1. The molecular weight excluding hydrogens is 298 g/mol. The van der Waals surface area contributed by atoms with E-state index in [0.29, 0.717) is 5.39 Å². The average molecular weight is 313 g/mol. The molecule has 0 amide bonds. The van der Waals surface area contributed by atoms with Crippen molar-refractivity contribution in [2.24, 2.45) is 0 Å². The lowest BCUT2D eigenvalue weighted by molar-refractivity contribution is 1.24. The highest BCUT2D eigenvalue weighted by Crippen LogP contribution is 2.17. The van der Waals surface area contributed by atoms with E-state index in [4.69, 9.17) is 0 Å². The van der Waals surface area contributed by atoms with Crippen LogP contribution in [0.25, 0.3) is 34.2 Å². The maximum Gasteiger partial charge on any atom is 0.256 e. The van der Waals surface area contributed by atoms with Crippen LogP contribution < -0.4 is 5.56 Å². The second-order valence-corrected chi connectivity index (χ2v) is 5.52. The van der Waals surface area contributed by atoms with Gasteiger partial charge < -0.3 is 9.97 Å². The molecule has 4 aromatic rings. The van der Waals surface area contributed by atoms with Crippen LogP contribution in [-0.4, -0.2) is 15.0 Å². The van der Waals surface area contributed by atoms with Gasteiger partial charge in [-0.15, -0.1) is 0 Å². The smallest absolute Gasteiger partial charge is 0.256 e. The van der Waals surface area contributed by atoms with Crippen LogP contribution in [0.5, 0.6) is 0 Å². The number of benzene rings is 2. The van der Waals surface area contributed by atoms with Crippen LogP contribution in [0.4, 0.5) is 0 Å². The highest BCUT2D eigenvalue weighted by atomic mass is 16.1. The van der Waals surface area contributed by atoms with Crippen molar-refractivity contribution in [3.05, 3.63) is 88.7 Å². The summed E-state index contributed by atoms with van der Waals surface area (Å²) in [6.45, 7) is 0. The largest absolute Gasteiger partial charge is 0.338 e. The number of nitrogens with one attached hydrogen (secondary N) is 2. The molecule has 2 aromatic heterocycles. The van der Waals surface area contributed by atoms with Gasteiger partial charge in [-0.1, -0.05) is 48.5 Å². The predicted octanol–water partition coefficient (Wildman–Crippen LogP) is 4.09. The fourth-order valence-electron chi connectivity index (χ4n) is 2.68. The maximum absolute atomic E-state index is 12.1. The molecule has 24 heavy (non-hydrogen) atoms. The summed E-state index contributed by atoms with van der Waals surface area (Å²) in [6.07, 6.45) is 5.51. The number of aromatic nitrogens is 3. The van der Waals surface area contributed by atoms with Crippen LogP contribution in [0, 0.1) is 0 Å². The first-order valence-electron chi connectivity index (χ1n) is 7.70. The molecule has 0 aliphatic rings. The standard InChI is InChI=1S/C20H15N3O/c24-20-17-9-5-4-8-15(17)12-16(22-20)10-11-19-21-13-18(23-19)14-6-2-1-3-7-14/h1-13H,(H,21,23)(H,22,24). The van der Waals surface area contributed by atoms with Crippen LogP contribution in [-0.2, 0) is 0 Å². The fraction of sp³-hybridized carbons (Fsp3) is 0. The zero-order valence-corrected chi connectivity index (χ0v) is 12.9. The minimum atomic E-state index is -0.0860. The Kier molecular flexibility index (Phi) is 3.56. The number of fused-ring (bicyclic) bond motifs is 1. The average Bonchev–Trinajstić information content (AvgIpc) is 3.10. The molecule has 0 spiro atoms. The van der Waals surface area contributed by atoms with Gasteiger partial charge in [-0.2, -0.15) is 0 Å². The topological polar surface area (TPSA) is 61.5 Å². The second-order valence-electron chi connectivity index (χ2n) is 5.52. The van der Waals surface area contributed by atoms with Crippen LogP contribution in [0.1, 0.15) is 11.5 Å². The highest BCUT2D eigenvalue weighted by Gasteiger charge is 2.01. The van der Waals surface area contributed by atoms with Gasteiger partial charge in [0.2, 0.25) is 0 Å². The van der Waals surface area contributed by atoms with E-state index in [1.54, 1.807) is 6.20 Å². The Morgan fingerprint density at radius 2 is 1.67 bits per heavy atom. The first kappa shape index (κ1) is 14.2. The molecule has 0 aliphatic heterocycles. The number of aromatic amines is 2. The van der Waals surface area contributed by atoms with E-state index >= 15 is 0 Å². The second kappa shape index (κ2) is 6.01. The van der Waals surface area contributed by atoms with Crippen molar-refractivity contribution in [3.63, 3.8) is 0 Å². The van der Waals surface area contributed by atoms with Crippen molar-refractivity contribution in [2.45, 2.75) is 0 Å². The molecule has 4 nitrogen and oxygen atoms in total. The third kappa shape index (κ3) is 2.77. The summed E-state index contributed by atoms with van der Waals surface area (Å²) in [7, 11) is 0. The Morgan fingerprint density at radius 1 is 0.875 bits per heavy atom. The Morgan fingerprint density at radius 3 is 2.54 bits per heavy atom. The molecule has 116 valence electrons. The van der Waals surface area contributed by atoms with Gasteiger partial charge in [0.15, 0.2) is 0 Å². The van der Waals surface area contributed by atoms with Gasteiger partial charge in [0.1, 0.15) is 5.82 Å². The van der Waals surface area contributed by atoms with E-state index in [0.717, 1.165) is 28.2 Å². The molecule has 0 unspecified atom stereocenters. The van der Waals surface area contributed by atoms with Crippen LogP contribution in [0.3, 0.4) is 0 Å². The summed E-state index contributed by atoms with van der Waals surface area (Å²) < 4.78 is 0. The lowest BCUT2D eigenvalue weighted by Crippen LogP contribution is -2.06. The molecule has 4 rings (SSSR count). The molecule has 0 saturated heterocycles. The summed E-state index contributed by atoms with van der Waals surface area (Å²) in [6, 6.07) is 19.5. The lowest BCUT2D eigenvalue weighted by atomic mass is 10.1. The van der Waals surface area contributed by atoms with E-state index in [9.17, 15) is 4.79 Å². The Hall–Kier alpha value is -3.40. The van der Waals surface area contributed by atoms with Crippen LogP contribution >= 0.6 is 0 Å². The zero-order valence-electron chi connectivity index (χ0n) is 12.9. The molecule has 4 heteroatoms. The molecule has 0 fully saturated rings. The van der Waals surface area contributed by atoms with Gasteiger partial charge in [0.25, 0.3) is 5.56 Å². The molecule has 2 aromatic carbocycles. The minimum absolute atomic E-state index is 0.0860. The van der Waals surface area contributed by atoms with E-state index in [-0.39, 0.29) is 5.56 Å². The van der Waals surface area contributed by atoms with Crippen LogP contribution in [0.15, 0.2) is 71.7 Å². The van der Waals surface area contributed by atoms with Crippen molar-refractivity contribution >= 4 is 22.9 Å². The van der Waals surface area contributed by atoms with Gasteiger partial charge in [-0.25, -0.2) is 4.98 Å². The summed E-state index contributed by atoms with van der Waals surface area (Å²) in [4.78, 5) is 22.6. The lowest BCUT2D eigenvalue weighted by Gasteiger charge is -1.99. The van der Waals surface area contributed by atoms with Crippen molar-refractivity contribution in [2.75, 3.05) is 0 Å². The number of hydrogen-bond acceptors (Lipinski definition) is 2. The first-order chi connectivity index (χ1) is 11.8. The minimum Gasteiger partial charge on any atom is -0.338 e. The molecule has 2 heterocycles. The zero-order chi connectivity index (χ0) is 16.4. The SMILES string of the molecule is O=c1[nH]c(C=Cc2ncc(-c3ccccc3)[nH]2)cc2ccccc12. The molecule has 0 aliphatic carbocycles. The third-order valence-electron chi connectivity index (χ3n) is 3.88. The predicted molar refractivity (Wildman–Crippen MR) is 97.5 cm³/mol. The van der Waals surface area contributed by atoms with Gasteiger partial charge in [-0.05, 0) is 35.2 Å². The monoisotopic (exact) mass is 313 g/mol. The van der Waals surface area contributed by atoms with Gasteiger partial charge >= 0.3 is 0 Å². The quantitative estimate of drug-likeness (QED) is 0.598. The third-order valence-corrected chi connectivity index (χ3v) is 3.88. The first-order valence-corrected chi connectivity index (χ1v) is 7.70. The van der Waals surface area contributed by atoms with Gasteiger partial charge in [0.05, 0.1) is 11.9 Å². The van der Waals surface area contributed by atoms with Crippen molar-refractivity contribution in [1.29, 1.82) is 0 Å². The molecule has 0 radical (unpaired) electrons. The molecule has 2 N–H and O–H groups in total. The van der Waals surface area contributed by atoms with Crippen molar-refractivity contribution < 1.29 is 0 Å². The van der Waals surface area contributed by atoms with E-state index < -0.39 is 0 Å². The fourth-order valence-corrected chi connectivity index (χ4v) is 2.68. The summed E-state index contributed by atoms with van der Waals surface area (Å²) in [5.41, 5.74) is 2.71. The van der Waals surface area contributed by atoms with E-state index in [1.807, 2.05) is 72.8 Å². The Labute approximate surface area is 138 Å². The molecule has 0 saturated carbocycles. The summed E-state index contributed by atoms with van der Waals surface area (Å²) in [5, 5.41) is 1.62. The van der Waals surface area contributed by atoms with Crippen molar-refractivity contribution in [3.8, 4) is 11.3 Å².